The molecule has 2 amide bonds. The molecule has 0 aliphatic carbocycles. The van der Waals surface area contributed by atoms with Gasteiger partial charge in [-0.05, 0) is 48.9 Å². The van der Waals surface area contributed by atoms with Crippen LogP contribution in [0.2, 0.25) is 0 Å². The quantitative estimate of drug-likeness (QED) is 0.467. The van der Waals surface area contributed by atoms with Gasteiger partial charge in [0, 0.05) is 6.42 Å². The average Bonchev–Trinajstić information content (AvgIpc) is 2.88. The van der Waals surface area contributed by atoms with Crippen molar-refractivity contribution in [3.05, 3.63) is 84.4 Å². The minimum Gasteiger partial charge on any atom is -0.495 e. The SMILES string of the molecule is CCOc1ccc(N=C2SC(C(=O)Nc3ccccc3OC)CC(=O)N2Cc2ccccc2)cc1. The predicted molar refractivity (Wildman–Crippen MR) is 139 cm³/mol. The number of carbonyl (C=O) groups is 2. The van der Waals surface area contributed by atoms with E-state index in [4.69, 9.17) is 14.5 Å². The Morgan fingerprint density at radius 3 is 2.49 bits per heavy atom. The van der Waals surface area contributed by atoms with Gasteiger partial charge in [0.25, 0.3) is 0 Å². The highest BCUT2D eigenvalue weighted by Gasteiger charge is 2.36. The Morgan fingerprint density at radius 1 is 1.06 bits per heavy atom. The molecular formula is C27H27N3O4S. The molecule has 0 aromatic heterocycles. The monoisotopic (exact) mass is 489 g/mol. The number of amidine groups is 1. The number of methoxy groups -OCH3 is 1. The first kappa shape index (κ1) is 24.3. The molecule has 3 aromatic rings. The zero-order valence-electron chi connectivity index (χ0n) is 19.6. The number of nitrogens with one attached hydrogen (secondary N) is 1. The van der Waals surface area contributed by atoms with Gasteiger partial charge in [0.05, 0.1) is 31.6 Å². The lowest BCUT2D eigenvalue weighted by atomic mass is 10.2. The van der Waals surface area contributed by atoms with Crippen LogP contribution < -0.4 is 14.8 Å². The Kier molecular flexibility index (Phi) is 8.05. The number of amides is 2. The van der Waals surface area contributed by atoms with Gasteiger partial charge in [-0.1, -0.05) is 54.2 Å². The van der Waals surface area contributed by atoms with Crippen LogP contribution in [0.4, 0.5) is 11.4 Å². The summed E-state index contributed by atoms with van der Waals surface area (Å²) in [5, 5.41) is 2.75. The van der Waals surface area contributed by atoms with Crippen molar-refractivity contribution in [3.63, 3.8) is 0 Å². The van der Waals surface area contributed by atoms with Crippen LogP contribution in [0, 0.1) is 0 Å². The highest BCUT2D eigenvalue weighted by Crippen LogP contribution is 2.32. The van der Waals surface area contributed by atoms with Crippen LogP contribution in [0.15, 0.2) is 83.9 Å². The lowest BCUT2D eigenvalue weighted by molar-refractivity contribution is -0.129. The summed E-state index contributed by atoms with van der Waals surface area (Å²) in [6, 6.07) is 24.3. The van der Waals surface area contributed by atoms with Crippen LogP contribution in [-0.4, -0.2) is 40.8 Å². The number of para-hydroxylation sites is 2. The van der Waals surface area contributed by atoms with Gasteiger partial charge < -0.3 is 14.8 Å². The molecule has 3 aromatic carbocycles. The van der Waals surface area contributed by atoms with Crippen molar-refractivity contribution < 1.29 is 19.1 Å². The van der Waals surface area contributed by atoms with Crippen LogP contribution in [0.3, 0.4) is 0 Å². The minimum atomic E-state index is -0.624. The molecule has 1 aliphatic rings. The lowest BCUT2D eigenvalue weighted by Crippen LogP contribution is -2.44. The fourth-order valence-corrected chi connectivity index (χ4v) is 4.72. The van der Waals surface area contributed by atoms with Crippen LogP contribution in [0.25, 0.3) is 0 Å². The van der Waals surface area contributed by atoms with Gasteiger partial charge in [-0.15, -0.1) is 0 Å². The van der Waals surface area contributed by atoms with Crippen LogP contribution in [-0.2, 0) is 16.1 Å². The standard InChI is InChI=1S/C27H27N3O4S/c1-3-34-21-15-13-20(14-16-21)28-27-30(18-19-9-5-4-6-10-19)25(31)17-24(35-27)26(32)29-22-11-7-8-12-23(22)33-2/h4-16,24H,3,17-18H2,1-2H3,(H,29,32). The van der Waals surface area contributed by atoms with E-state index in [9.17, 15) is 9.59 Å². The van der Waals surface area contributed by atoms with E-state index in [0.717, 1.165) is 11.3 Å². The molecule has 1 N–H and O–H groups in total. The zero-order chi connectivity index (χ0) is 24.6. The summed E-state index contributed by atoms with van der Waals surface area (Å²) >= 11 is 1.28. The van der Waals surface area contributed by atoms with Crippen molar-refractivity contribution in [1.29, 1.82) is 0 Å². The van der Waals surface area contributed by atoms with E-state index in [-0.39, 0.29) is 18.2 Å². The molecule has 7 nitrogen and oxygen atoms in total. The Bertz CT molecular complexity index is 1200. The molecule has 1 aliphatic heterocycles. The number of aliphatic imine (C=N–C) groups is 1. The highest BCUT2D eigenvalue weighted by atomic mass is 32.2. The second kappa shape index (κ2) is 11.6. The molecular weight excluding hydrogens is 462 g/mol. The maximum absolute atomic E-state index is 13.2. The molecule has 1 fully saturated rings. The molecule has 4 rings (SSSR count). The maximum Gasteiger partial charge on any atom is 0.238 e. The lowest BCUT2D eigenvalue weighted by Gasteiger charge is -2.32. The Balaban J connectivity index is 1.59. The fraction of sp³-hybridized carbons (Fsp3) is 0.222. The molecule has 0 spiro atoms. The molecule has 1 heterocycles. The first-order chi connectivity index (χ1) is 17.1. The number of hydrogen-bond donors (Lipinski definition) is 1. The number of nitrogens with zero attached hydrogens (tertiary/aromatic N) is 2. The Labute approximate surface area is 209 Å². The molecule has 0 bridgehead atoms. The third kappa shape index (κ3) is 6.22. The fourth-order valence-electron chi connectivity index (χ4n) is 3.62. The van der Waals surface area contributed by atoms with E-state index in [2.05, 4.69) is 5.32 Å². The number of anilines is 1. The highest BCUT2D eigenvalue weighted by molar-refractivity contribution is 8.15. The van der Waals surface area contributed by atoms with Crippen molar-refractivity contribution in [1.82, 2.24) is 4.90 Å². The third-order valence-corrected chi connectivity index (χ3v) is 6.54. The average molecular weight is 490 g/mol. The topological polar surface area (TPSA) is 80.2 Å². The van der Waals surface area contributed by atoms with Gasteiger partial charge in [0.2, 0.25) is 11.8 Å². The summed E-state index contributed by atoms with van der Waals surface area (Å²) in [6.07, 6.45) is 0.0702. The first-order valence-corrected chi connectivity index (χ1v) is 12.2. The summed E-state index contributed by atoms with van der Waals surface area (Å²) in [7, 11) is 1.55. The van der Waals surface area contributed by atoms with Crippen molar-refractivity contribution in [2.45, 2.75) is 25.1 Å². The van der Waals surface area contributed by atoms with Gasteiger partial charge in [-0.25, -0.2) is 4.99 Å². The number of benzene rings is 3. The number of ether oxygens (including phenoxy) is 2. The molecule has 1 unspecified atom stereocenters. The molecule has 180 valence electrons. The van der Waals surface area contributed by atoms with Crippen LogP contribution in [0.1, 0.15) is 18.9 Å². The number of carbonyl (C=O) groups excluding carboxylic acids is 2. The zero-order valence-corrected chi connectivity index (χ0v) is 20.5. The Hall–Kier alpha value is -3.78. The van der Waals surface area contributed by atoms with Crippen LogP contribution >= 0.6 is 11.8 Å². The first-order valence-electron chi connectivity index (χ1n) is 11.3. The van der Waals surface area contributed by atoms with E-state index in [1.165, 1.54) is 11.8 Å². The van der Waals surface area contributed by atoms with Gasteiger partial charge >= 0.3 is 0 Å². The molecule has 8 heteroatoms. The minimum absolute atomic E-state index is 0.0702. The second-order valence-electron chi connectivity index (χ2n) is 7.79. The van der Waals surface area contributed by atoms with E-state index in [1.54, 1.807) is 24.1 Å². The summed E-state index contributed by atoms with van der Waals surface area (Å²) in [6.45, 7) is 2.88. The molecule has 35 heavy (non-hydrogen) atoms. The van der Waals surface area contributed by atoms with Crippen molar-refractivity contribution in [2.75, 3.05) is 19.0 Å². The second-order valence-corrected chi connectivity index (χ2v) is 8.96. The van der Waals surface area contributed by atoms with E-state index >= 15 is 0 Å². The van der Waals surface area contributed by atoms with E-state index in [0.29, 0.717) is 35.4 Å². The van der Waals surface area contributed by atoms with Crippen molar-refractivity contribution >= 4 is 40.1 Å². The summed E-state index contributed by atoms with van der Waals surface area (Å²) < 4.78 is 10.8. The van der Waals surface area contributed by atoms with E-state index in [1.807, 2.05) is 73.7 Å². The summed E-state index contributed by atoms with van der Waals surface area (Å²) in [5.41, 5.74) is 2.22. The van der Waals surface area contributed by atoms with Gasteiger partial charge in [-0.3, -0.25) is 14.5 Å². The maximum atomic E-state index is 13.2. The molecule has 0 radical (unpaired) electrons. The van der Waals surface area contributed by atoms with Gasteiger partial charge in [0.1, 0.15) is 16.7 Å². The Morgan fingerprint density at radius 2 is 1.77 bits per heavy atom. The molecule has 0 saturated carbocycles. The number of hydrogen-bond acceptors (Lipinski definition) is 6. The number of thioether (sulfide) groups is 1. The number of rotatable bonds is 8. The summed E-state index contributed by atoms with van der Waals surface area (Å²) in [4.78, 5) is 32.8. The van der Waals surface area contributed by atoms with Crippen molar-refractivity contribution in [3.8, 4) is 11.5 Å². The van der Waals surface area contributed by atoms with E-state index < -0.39 is 5.25 Å². The van der Waals surface area contributed by atoms with Crippen LogP contribution in [0.5, 0.6) is 11.5 Å². The third-order valence-electron chi connectivity index (χ3n) is 5.35. The largest absolute Gasteiger partial charge is 0.495 e. The van der Waals surface area contributed by atoms with Crippen molar-refractivity contribution in [2.24, 2.45) is 4.99 Å². The normalized spacial score (nSPS) is 16.7. The predicted octanol–water partition coefficient (Wildman–Crippen LogP) is 5.25. The molecule has 1 atom stereocenters. The van der Waals surface area contributed by atoms with Gasteiger partial charge in [-0.2, -0.15) is 0 Å². The smallest absolute Gasteiger partial charge is 0.238 e. The van der Waals surface area contributed by atoms with Gasteiger partial charge in [0.15, 0.2) is 5.17 Å². The molecule has 1 saturated heterocycles. The summed E-state index contributed by atoms with van der Waals surface area (Å²) in [5.74, 6) is 0.880.